The quantitative estimate of drug-likeness (QED) is 0.728. The Morgan fingerprint density at radius 1 is 1.10 bits per heavy atom. The fourth-order valence-corrected chi connectivity index (χ4v) is 2.39. The molecule has 0 heterocycles. The van der Waals surface area contributed by atoms with Crippen LogP contribution in [-0.4, -0.2) is 5.78 Å². The molecule has 0 radical (unpaired) electrons. The Labute approximate surface area is 125 Å². The molecule has 0 aliphatic heterocycles. The van der Waals surface area contributed by atoms with E-state index in [4.69, 9.17) is 23.2 Å². The summed E-state index contributed by atoms with van der Waals surface area (Å²) >= 11 is 11.9. The third-order valence-corrected chi connectivity index (χ3v) is 3.67. The minimum absolute atomic E-state index is 0.208. The standard InChI is InChI=1S/C15H10Cl2F2O/c1-8-5-6-12(18)14(15(8)19)13(20)7-9-10(16)3-2-4-11(9)17/h2-6H,7H2,1H3. The van der Waals surface area contributed by atoms with E-state index in [-0.39, 0.29) is 12.0 Å². The normalized spacial score (nSPS) is 10.7. The number of halogens is 4. The summed E-state index contributed by atoms with van der Waals surface area (Å²) in [7, 11) is 0. The van der Waals surface area contributed by atoms with Gasteiger partial charge in [-0.2, -0.15) is 0 Å². The second-order valence-corrected chi connectivity index (χ2v) is 5.17. The zero-order valence-electron chi connectivity index (χ0n) is 10.5. The van der Waals surface area contributed by atoms with Crippen LogP contribution in [0.25, 0.3) is 0 Å². The molecule has 104 valence electrons. The van der Waals surface area contributed by atoms with Crippen LogP contribution >= 0.6 is 23.2 Å². The van der Waals surface area contributed by atoms with Crippen LogP contribution in [0.4, 0.5) is 8.78 Å². The van der Waals surface area contributed by atoms with Crippen LogP contribution in [-0.2, 0) is 6.42 Å². The van der Waals surface area contributed by atoms with Crippen molar-refractivity contribution >= 4 is 29.0 Å². The van der Waals surface area contributed by atoms with Crippen molar-refractivity contribution < 1.29 is 13.6 Å². The maximum atomic E-state index is 13.9. The van der Waals surface area contributed by atoms with Crippen LogP contribution in [0, 0.1) is 18.6 Å². The molecule has 0 aliphatic rings. The van der Waals surface area contributed by atoms with Gasteiger partial charge in [-0.15, -0.1) is 0 Å². The van der Waals surface area contributed by atoms with Crippen molar-refractivity contribution in [2.24, 2.45) is 0 Å². The van der Waals surface area contributed by atoms with Gasteiger partial charge in [-0.05, 0) is 36.2 Å². The highest BCUT2D eigenvalue weighted by atomic mass is 35.5. The van der Waals surface area contributed by atoms with Crippen molar-refractivity contribution in [2.75, 3.05) is 0 Å². The number of hydrogen-bond acceptors (Lipinski definition) is 1. The Hall–Kier alpha value is -1.45. The predicted molar refractivity (Wildman–Crippen MR) is 75.6 cm³/mol. The first-order valence-corrected chi connectivity index (χ1v) is 6.58. The predicted octanol–water partition coefficient (Wildman–Crippen LogP) is 5.01. The topological polar surface area (TPSA) is 17.1 Å². The minimum Gasteiger partial charge on any atom is -0.294 e. The molecule has 0 saturated carbocycles. The van der Waals surface area contributed by atoms with Gasteiger partial charge in [0, 0.05) is 16.5 Å². The molecule has 0 atom stereocenters. The zero-order valence-corrected chi connectivity index (χ0v) is 12.0. The van der Waals surface area contributed by atoms with Crippen LogP contribution in [0.3, 0.4) is 0 Å². The van der Waals surface area contributed by atoms with Gasteiger partial charge >= 0.3 is 0 Å². The fraction of sp³-hybridized carbons (Fsp3) is 0.133. The first kappa shape index (κ1) is 14.9. The molecule has 5 heteroatoms. The molecule has 0 spiro atoms. The number of carbonyl (C=O) groups excluding carboxylic acids is 1. The van der Waals surface area contributed by atoms with E-state index >= 15 is 0 Å². The number of benzene rings is 2. The lowest BCUT2D eigenvalue weighted by molar-refractivity contribution is 0.0984. The lowest BCUT2D eigenvalue weighted by Gasteiger charge is -2.09. The molecule has 0 fully saturated rings. The number of hydrogen-bond donors (Lipinski definition) is 0. The SMILES string of the molecule is Cc1ccc(F)c(C(=O)Cc2c(Cl)cccc2Cl)c1F. The molecule has 0 unspecified atom stereocenters. The van der Waals surface area contributed by atoms with E-state index in [1.165, 1.54) is 13.0 Å². The van der Waals surface area contributed by atoms with Gasteiger partial charge in [-0.3, -0.25) is 4.79 Å². The molecule has 1 nitrogen and oxygen atoms in total. The molecule has 0 saturated heterocycles. The molecule has 2 aromatic carbocycles. The van der Waals surface area contributed by atoms with E-state index in [0.717, 1.165) is 6.07 Å². The van der Waals surface area contributed by atoms with Crippen LogP contribution in [0.5, 0.6) is 0 Å². The van der Waals surface area contributed by atoms with Crippen LogP contribution in [0.2, 0.25) is 10.0 Å². The second kappa shape index (κ2) is 5.90. The summed E-state index contributed by atoms with van der Waals surface area (Å²) in [6.45, 7) is 1.47. The van der Waals surface area contributed by atoms with Crippen molar-refractivity contribution in [2.45, 2.75) is 13.3 Å². The van der Waals surface area contributed by atoms with Gasteiger partial charge < -0.3 is 0 Å². The van der Waals surface area contributed by atoms with Gasteiger partial charge in [-0.25, -0.2) is 8.78 Å². The fourth-order valence-electron chi connectivity index (χ4n) is 1.86. The van der Waals surface area contributed by atoms with Gasteiger partial charge in [0.05, 0.1) is 5.56 Å². The molecule has 2 rings (SSSR count). The van der Waals surface area contributed by atoms with E-state index in [0.29, 0.717) is 15.6 Å². The highest BCUT2D eigenvalue weighted by molar-refractivity contribution is 6.36. The molecular weight excluding hydrogens is 305 g/mol. The lowest BCUT2D eigenvalue weighted by atomic mass is 10.00. The average Bonchev–Trinajstić information content (AvgIpc) is 2.39. The first-order chi connectivity index (χ1) is 9.41. The highest BCUT2D eigenvalue weighted by Crippen LogP contribution is 2.27. The summed E-state index contributed by atoms with van der Waals surface area (Å²) in [4.78, 5) is 12.1. The molecule has 0 amide bonds. The second-order valence-electron chi connectivity index (χ2n) is 4.35. The zero-order chi connectivity index (χ0) is 14.9. The Kier molecular flexibility index (Phi) is 4.41. The Bertz CT molecular complexity index is 664. The van der Waals surface area contributed by atoms with E-state index in [1.807, 2.05) is 0 Å². The number of aryl methyl sites for hydroxylation is 1. The van der Waals surface area contributed by atoms with Crippen molar-refractivity contribution in [3.05, 3.63) is 68.7 Å². The van der Waals surface area contributed by atoms with E-state index in [2.05, 4.69) is 0 Å². The van der Waals surface area contributed by atoms with Gasteiger partial charge in [0.25, 0.3) is 0 Å². The van der Waals surface area contributed by atoms with E-state index in [1.54, 1.807) is 18.2 Å². The minimum atomic E-state index is -0.888. The summed E-state index contributed by atoms with van der Waals surface area (Å²) in [5, 5.41) is 0.582. The number of ketones is 1. The smallest absolute Gasteiger partial charge is 0.173 e. The van der Waals surface area contributed by atoms with Crippen molar-refractivity contribution in [3.8, 4) is 0 Å². The molecule has 20 heavy (non-hydrogen) atoms. The van der Waals surface area contributed by atoms with Gasteiger partial charge in [0.2, 0.25) is 0 Å². The molecule has 2 aromatic rings. The summed E-state index contributed by atoms with van der Waals surface area (Å²) in [6.07, 6.45) is -0.254. The maximum Gasteiger partial charge on any atom is 0.173 e. The van der Waals surface area contributed by atoms with Crippen LogP contribution < -0.4 is 0 Å². The van der Waals surface area contributed by atoms with E-state index in [9.17, 15) is 13.6 Å². The largest absolute Gasteiger partial charge is 0.294 e. The van der Waals surface area contributed by atoms with Gasteiger partial charge in [0.15, 0.2) is 5.78 Å². The first-order valence-electron chi connectivity index (χ1n) is 5.82. The van der Waals surface area contributed by atoms with Gasteiger partial charge in [-0.1, -0.05) is 35.3 Å². The molecule has 0 aromatic heterocycles. The van der Waals surface area contributed by atoms with Crippen LogP contribution in [0.15, 0.2) is 30.3 Å². The van der Waals surface area contributed by atoms with E-state index < -0.39 is 23.0 Å². The highest BCUT2D eigenvalue weighted by Gasteiger charge is 2.21. The monoisotopic (exact) mass is 314 g/mol. The number of carbonyl (C=O) groups is 1. The number of Topliss-reactive ketones (excluding diaryl/α,β-unsaturated/α-hetero) is 1. The van der Waals surface area contributed by atoms with Crippen molar-refractivity contribution in [3.63, 3.8) is 0 Å². The third-order valence-electron chi connectivity index (χ3n) is 2.96. The lowest BCUT2D eigenvalue weighted by Crippen LogP contribution is -2.11. The van der Waals surface area contributed by atoms with Crippen molar-refractivity contribution in [1.82, 2.24) is 0 Å². The van der Waals surface area contributed by atoms with Gasteiger partial charge in [0.1, 0.15) is 11.6 Å². The summed E-state index contributed by atoms with van der Waals surface area (Å²) in [5.41, 5.74) is 0.0159. The van der Waals surface area contributed by atoms with Crippen LogP contribution in [0.1, 0.15) is 21.5 Å². The summed E-state index contributed by atoms with van der Waals surface area (Å²) < 4.78 is 27.5. The summed E-state index contributed by atoms with van der Waals surface area (Å²) in [5.74, 6) is -2.43. The molecular formula is C15H10Cl2F2O. The molecule has 0 bridgehead atoms. The summed E-state index contributed by atoms with van der Waals surface area (Å²) in [6, 6.07) is 7.12. The Morgan fingerprint density at radius 3 is 2.30 bits per heavy atom. The molecule has 0 aliphatic carbocycles. The van der Waals surface area contributed by atoms with Crippen molar-refractivity contribution in [1.29, 1.82) is 0 Å². The third kappa shape index (κ3) is 2.84. The maximum absolute atomic E-state index is 13.9. The molecule has 0 N–H and O–H groups in total. The average molecular weight is 315 g/mol. The Morgan fingerprint density at radius 2 is 1.70 bits per heavy atom. The Balaban J connectivity index is 2.41. The number of rotatable bonds is 3.